The van der Waals surface area contributed by atoms with Gasteiger partial charge in [0, 0.05) is 13.8 Å². The Balaban J connectivity index is 0.921. The lowest BCUT2D eigenvalue weighted by molar-refractivity contribution is -0.396. The van der Waals surface area contributed by atoms with Crippen molar-refractivity contribution in [2.24, 2.45) is 0 Å². The van der Waals surface area contributed by atoms with E-state index in [0.717, 1.165) is 13.8 Å². The molecule has 0 saturated carbocycles. The maximum absolute atomic E-state index is 13.0. The molecule has 10 heterocycles. The Morgan fingerprint density at radius 1 is 0.222 bits per heavy atom. The SMILES string of the molecule is CC(=O)N[C@@H]1[C@@H](O)[C@H](O[C@@H]2O[C@H](CO)[C@@H](O[C@@H]3O[C@H](CO[C@H]4O[C@H](CO[C@H]5O[C@H](CO)[C@@H](O[C@H]6O[C@H](CO)[C@@H](O)[C@H](O)[C@@H]6O)[C@H](O)[C@@H]5O)[C@@H](O)[C@H](O[C@H]5O[C@H](CO)[C@@H](O)[C@H](O)[C@@H]5O)[C@@H]4O)[C@@H](O)[C@H](O[C@H]4O[C@H](CO)[C@@H](O[C@H]5O[C@H](CO)[C@@H](O[C@H]6O[C@H](CO)[C@@H](O)[C@H](O)[C@@H]6O)[C@H](O)[C@@H]5O)[C@H](O)[C@@H]4O)[C@@H]3O)[C@H](O)[C@H]2NC(C)=O)[C@@H](CO)O[C@H]1O. The Kier molecular flexibility index (Phi) is 34.4. The molecule has 10 aliphatic heterocycles. The number of carbonyl (C=O) groups is 2. The molecule has 117 heavy (non-hydrogen) atoms. The van der Waals surface area contributed by atoms with Gasteiger partial charge >= 0.3 is 0 Å². The first-order chi connectivity index (χ1) is 55.4. The minimum atomic E-state index is -2.55. The molecule has 2 amide bonds. The topological polar surface area (TPSA) is 840 Å². The molecule has 0 aliphatic carbocycles. The van der Waals surface area contributed by atoms with Crippen LogP contribution in [0.4, 0.5) is 0 Å². The number of carbonyl (C=O) groups excluding carboxylic acids is 2. The van der Waals surface area contributed by atoms with Crippen molar-refractivity contribution < 1.29 is 253 Å². The van der Waals surface area contributed by atoms with E-state index in [4.69, 9.17) is 90.0 Å². The number of amides is 2. The Morgan fingerprint density at radius 3 is 0.786 bits per heavy atom. The highest BCUT2D eigenvalue weighted by Crippen LogP contribution is 2.40. The van der Waals surface area contributed by atoms with E-state index in [-0.39, 0.29) is 0 Å². The lowest BCUT2D eigenvalue weighted by Crippen LogP contribution is -2.70. The van der Waals surface area contributed by atoms with E-state index in [9.17, 15) is 163 Å². The van der Waals surface area contributed by atoms with Crippen LogP contribution in [0.5, 0.6) is 0 Å². The van der Waals surface area contributed by atoms with Crippen LogP contribution in [0.3, 0.4) is 0 Å². The molecule has 0 unspecified atom stereocenters. The largest absolute Gasteiger partial charge is 0.394 e. The van der Waals surface area contributed by atoms with Crippen molar-refractivity contribution >= 4 is 11.8 Å². The van der Waals surface area contributed by atoms with E-state index < -0.39 is 385 Å². The summed E-state index contributed by atoms with van der Waals surface area (Å²) in [5.74, 6) is -1.74. The van der Waals surface area contributed by atoms with Crippen LogP contribution >= 0.6 is 0 Å². The van der Waals surface area contributed by atoms with Crippen LogP contribution in [0.25, 0.3) is 0 Å². The minimum Gasteiger partial charge on any atom is -0.394 e. The molecular formula is C64H108N2O51. The molecule has 680 valence electrons. The Hall–Kier alpha value is -3.02. The minimum absolute atomic E-state index is 0.793. The van der Waals surface area contributed by atoms with Crippen molar-refractivity contribution in [3.05, 3.63) is 0 Å². The Morgan fingerprint density at radius 2 is 0.444 bits per heavy atom. The van der Waals surface area contributed by atoms with Crippen molar-refractivity contribution in [3.8, 4) is 0 Å². The highest BCUT2D eigenvalue weighted by Gasteiger charge is 2.61. The van der Waals surface area contributed by atoms with E-state index in [2.05, 4.69) is 10.6 Å². The average Bonchev–Trinajstić information content (AvgIpc) is 0.772. The number of hydrogen-bond acceptors (Lipinski definition) is 51. The fourth-order valence-electron chi connectivity index (χ4n) is 15.1. The standard InChI is InChI=1S/C64H108N2O51/c1-13(75)65-25-32(82)48(18(6-70)101-55(25)98)111-56-26(66-14(2)76)33(83)49(19(7-71)105-56)112-64-47(97)54(117-63-45(95)39(89)52(22(10-74)108-63)115-62-44(94)38(88)51(21(9-73)107-62)114-60-41(91)35(85)28(78)16(4-68)103-60)31(81)24(110-64)12-100-58-46(96)53(116-61-42(92)36(86)29(79)17(5-69)104-61)30(80)23(109-58)11-99-57-43(93)37(87)50(20(8-72)106-57)113-59-40(90)34(84)27(77)15(3-67)102-59/h15-64,67-74,77-98H,3-12H2,1-2H3,(H,65,75)(H,66,76)/t15-,16-,17-,18-,19-,20-,21-,22-,23-,24-,25-,26-,27-,28-,29-,30-,31-,32-,33-,34+,35+,36+,37-,38-,39-,40+,41+,42+,43+,44+,45+,46+,47+,48-,49-,50-,51-,52-,53+,54+,55-,56+,57+,58+,59-,60-,61-,62-,63-,64+/m1/s1. The number of nitrogens with one attached hydrogen (secondary N) is 2. The van der Waals surface area contributed by atoms with Crippen molar-refractivity contribution in [1.29, 1.82) is 0 Å². The first kappa shape index (κ1) is 96.2. The van der Waals surface area contributed by atoms with Gasteiger partial charge in [-0.05, 0) is 0 Å². The van der Waals surface area contributed by atoms with Gasteiger partial charge in [0.1, 0.15) is 244 Å². The Bertz CT molecular complexity index is 3040. The van der Waals surface area contributed by atoms with E-state index in [1.165, 1.54) is 0 Å². The predicted octanol–water partition coefficient (Wildman–Crippen LogP) is -22.5. The summed E-state index contributed by atoms with van der Waals surface area (Å²) in [6, 6.07) is -3.58. The predicted molar refractivity (Wildman–Crippen MR) is 353 cm³/mol. The molecule has 10 fully saturated rings. The summed E-state index contributed by atoms with van der Waals surface area (Å²) in [5, 5.41) is 334. The van der Waals surface area contributed by atoms with Gasteiger partial charge in [0.15, 0.2) is 62.9 Å². The van der Waals surface area contributed by atoms with E-state index >= 15 is 0 Å². The highest BCUT2D eigenvalue weighted by molar-refractivity contribution is 5.73. The molecule has 0 radical (unpaired) electrons. The zero-order valence-corrected chi connectivity index (χ0v) is 61.9. The second-order valence-corrected chi connectivity index (χ2v) is 29.5. The second-order valence-electron chi connectivity index (χ2n) is 29.5. The zero-order valence-electron chi connectivity index (χ0n) is 61.9. The number of aliphatic hydroxyl groups is 30. The van der Waals surface area contributed by atoms with Gasteiger partial charge in [0.25, 0.3) is 0 Å². The summed E-state index contributed by atoms with van der Waals surface area (Å²) in [7, 11) is 0. The average molecular weight is 1720 g/mol. The maximum atomic E-state index is 13.0. The summed E-state index contributed by atoms with van der Waals surface area (Å²) in [6.45, 7) is -8.89. The van der Waals surface area contributed by atoms with Crippen molar-refractivity contribution in [3.63, 3.8) is 0 Å². The fraction of sp³-hybridized carbons (Fsp3) is 0.969. The molecule has 10 aliphatic rings. The molecule has 53 heteroatoms. The first-order valence-corrected chi connectivity index (χ1v) is 37.2. The van der Waals surface area contributed by atoms with Crippen LogP contribution in [-0.4, -0.2) is 538 Å². The summed E-state index contributed by atoms with van der Waals surface area (Å²) >= 11 is 0. The zero-order chi connectivity index (χ0) is 85.9. The van der Waals surface area contributed by atoms with E-state index in [1.807, 2.05) is 0 Å². The van der Waals surface area contributed by atoms with Gasteiger partial charge < -0.3 is 254 Å². The lowest BCUT2D eigenvalue weighted by atomic mass is 9.94. The van der Waals surface area contributed by atoms with Crippen LogP contribution in [0.15, 0.2) is 0 Å². The van der Waals surface area contributed by atoms with Crippen LogP contribution in [0.1, 0.15) is 13.8 Å². The van der Waals surface area contributed by atoms with Gasteiger partial charge in [-0.3, -0.25) is 9.59 Å². The number of ether oxygens (including phenoxy) is 19. The van der Waals surface area contributed by atoms with Gasteiger partial charge in [-0.2, -0.15) is 0 Å². The van der Waals surface area contributed by atoms with Crippen molar-refractivity contribution in [1.82, 2.24) is 10.6 Å². The number of aliphatic hydroxyl groups excluding tert-OH is 30. The summed E-state index contributed by atoms with van der Waals surface area (Å²) in [5.41, 5.74) is 0. The summed E-state index contributed by atoms with van der Waals surface area (Å²) in [6.07, 6.45) is -100. The summed E-state index contributed by atoms with van der Waals surface area (Å²) in [4.78, 5) is 25.1. The lowest BCUT2D eigenvalue weighted by Gasteiger charge is -2.50. The quantitative estimate of drug-likeness (QED) is 0.0318. The third-order valence-corrected chi connectivity index (χ3v) is 21.6. The molecule has 10 saturated heterocycles. The van der Waals surface area contributed by atoms with Crippen LogP contribution < -0.4 is 10.6 Å². The molecule has 10 rings (SSSR count). The fourth-order valence-corrected chi connectivity index (χ4v) is 15.1. The van der Waals surface area contributed by atoms with Crippen LogP contribution in [0, 0.1) is 0 Å². The molecular weight excluding hydrogens is 1610 g/mol. The molecule has 0 aromatic rings. The maximum Gasteiger partial charge on any atom is 0.217 e. The molecule has 0 aromatic heterocycles. The highest BCUT2D eigenvalue weighted by atomic mass is 16.8. The molecule has 32 N–H and O–H groups in total. The third-order valence-electron chi connectivity index (χ3n) is 21.6. The van der Waals surface area contributed by atoms with E-state index in [0.29, 0.717) is 0 Å². The van der Waals surface area contributed by atoms with Crippen LogP contribution in [0.2, 0.25) is 0 Å². The summed E-state index contributed by atoms with van der Waals surface area (Å²) < 4.78 is 109. The van der Waals surface area contributed by atoms with Gasteiger partial charge in [-0.15, -0.1) is 0 Å². The van der Waals surface area contributed by atoms with Crippen molar-refractivity contribution in [2.75, 3.05) is 66.1 Å². The smallest absolute Gasteiger partial charge is 0.217 e. The van der Waals surface area contributed by atoms with Gasteiger partial charge in [0.2, 0.25) is 11.8 Å². The number of rotatable bonds is 30. The Labute approximate surface area is 660 Å². The monoisotopic (exact) mass is 1720 g/mol. The van der Waals surface area contributed by atoms with Gasteiger partial charge in [-0.1, -0.05) is 0 Å². The molecule has 0 bridgehead atoms. The first-order valence-electron chi connectivity index (χ1n) is 37.2. The van der Waals surface area contributed by atoms with Crippen molar-refractivity contribution in [2.45, 2.75) is 321 Å². The second kappa shape index (κ2) is 41.9. The van der Waals surface area contributed by atoms with Gasteiger partial charge in [0.05, 0.1) is 66.1 Å². The molecule has 53 nitrogen and oxygen atoms in total. The normalized spacial score (nSPS) is 51.5. The molecule has 0 spiro atoms. The third kappa shape index (κ3) is 20.7. The van der Waals surface area contributed by atoms with Crippen LogP contribution in [-0.2, 0) is 99.6 Å². The van der Waals surface area contributed by atoms with E-state index in [1.54, 1.807) is 0 Å². The molecule has 50 atom stereocenters. The number of hydrogen-bond donors (Lipinski definition) is 32. The van der Waals surface area contributed by atoms with Gasteiger partial charge in [-0.25, -0.2) is 0 Å². The molecule has 0 aromatic carbocycles.